The lowest BCUT2D eigenvalue weighted by atomic mass is 10.0. The highest BCUT2D eigenvalue weighted by molar-refractivity contribution is 7.52. The second-order valence-electron chi connectivity index (χ2n) is 8.79. The van der Waals surface area contributed by atoms with Crippen molar-refractivity contribution in [2.45, 2.75) is 64.3 Å². The summed E-state index contributed by atoms with van der Waals surface area (Å²) in [4.78, 5) is 25.1. The highest BCUT2D eigenvalue weighted by Gasteiger charge is 2.50. The fraction of sp³-hybridized carbons (Fsp3) is 0.478. The maximum absolute atomic E-state index is 15.4. The molecule has 1 fully saturated rings. The third kappa shape index (κ3) is 7.14. The zero-order valence-corrected chi connectivity index (χ0v) is 21.0. The lowest BCUT2D eigenvalue weighted by Crippen LogP contribution is -2.48. The van der Waals surface area contributed by atoms with Gasteiger partial charge in [-0.1, -0.05) is 24.8 Å². The van der Waals surface area contributed by atoms with Crippen LogP contribution in [0.1, 0.15) is 34.1 Å². The number of hydrogen-bond donors (Lipinski definition) is 2. The van der Waals surface area contributed by atoms with Crippen LogP contribution in [0.3, 0.4) is 0 Å². The Balaban J connectivity index is 1.71. The minimum atomic E-state index is -4.12. The normalized spacial score (nSPS) is 26.9. The van der Waals surface area contributed by atoms with Gasteiger partial charge < -0.3 is 24.2 Å². The molecule has 1 amide bonds. The number of amides is 1. The van der Waals surface area contributed by atoms with Crippen molar-refractivity contribution in [3.05, 3.63) is 55.0 Å². The molecule has 0 aliphatic carbocycles. The summed E-state index contributed by atoms with van der Waals surface area (Å²) in [5, 5.41) is 5.08. The first-order chi connectivity index (χ1) is 16.4. The van der Waals surface area contributed by atoms with E-state index in [1.54, 1.807) is 44.2 Å². The van der Waals surface area contributed by atoms with Gasteiger partial charge in [0.05, 0.1) is 18.8 Å². The van der Waals surface area contributed by atoms with E-state index in [4.69, 9.17) is 18.5 Å². The standard InChI is InChI=1S/C23H31FN3O7P/c1-15(2)32-21(29)16(3)26-35(30,34-18-9-7-6-8-10-18)31-14-19-13-23(5,24)22(33-19)27-12-11-20(28)25-17(27)4/h6-12,15-16,19,22H,4,13-14H2,1-3,5H3,(H,25,28)(H,26,30)/t16-,19-,22+,23+,35+/m0/s1. The maximum Gasteiger partial charge on any atom is 0.459 e. The largest absolute Gasteiger partial charge is 0.462 e. The molecule has 10 nitrogen and oxygen atoms in total. The van der Waals surface area contributed by atoms with Crippen LogP contribution in [0.25, 0.3) is 0 Å². The van der Waals surface area contributed by atoms with Crippen molar-refractivity contribution in [2.24, 2.45) is 0 Å². The molecular formula is C23H31FN3O7P. The number of halogens is 1. The first-order valence-electron chi connectivity index (χ1n) is 11.2. The number of nitrogens with one attached hydrogen (secondary N) is 2. The van der Waals surface area contributed by atoms with E-state index in [1.165, 1.54) is 31.0 Å². The molecule has 12 heteroatoms. The first-order valence-corrected chi connectivity index (χ1v) is 12.7. The van der Waals surface area contributed by atoms with Crippen LogP contribution in [0.5, 0.6) is 5.75 Å². The van der Waals surface area contributed by atoms with Crippen LogP contribution < -0.4 is 14.9 Å². The van der Waals surface area contributed by atoms with Crippen molar-refractivity contribution in [1.29, 1.82) is 0 Å². The number of carbonyl (C=O) groups is 2. The topological polar surface area (TPSA) is 115 Å². The average molecular weight is 511 g/mol. The van der Waals surface area contributed by atoms with Crippen LogP contribution >= 0.6 is 7.75 Å². The fourth-order valence-corrected chi connectivity index (χ4v) is 5.12. The van der Waals surface area contributed by atoms with E-state index < -0.39 is 37.8 Å². The zero-order valence-electron chi connectivity index (χ0n) is 20.1. The van der Waals surface area contributed by atoms with Crippen LogP contribution in [0.2, 0.25) is 0 Å². The molecule has 1 saturated heterocycles. The number of ether oxygens (including phenoxy) is 2. The molecule has 0 bridgehead atoms. The number of hydrogen-bond acceptors (Lipinski definition) is 8. The van der Waals surface area contributed by atoms with E-state index in [1.807, 2.05) is 0 Å². The van der Waals surface area contributed by atoms with E-state index in [-0.39, 0.29) is 36.6 Å². The summed E-state index contributed by atoms with van der Waals surface area (Å²) in [6.45, 7) is 9.65. The van der Waals surface area contributed by atoms with Crippen molar-refractivity contribution >= 4 is 19.6 Å². The van der Waals surface area contributed by atoms with E-state index >= 15 is 4.39 Å². The molecule has 35 heavy (non-hydrogen) atoms. The molecule has 0 saturated carbocycles. The molecule has 1 aromatic rings. The molecule has 2 aliphatic rings. The number of benzene rings is 1. The lowest BCUT2D eigenvalue weighted by Gasteiger charge is -2.35. The summed E-state index contributed by atoms with van der Waals surface area (Å²) in [6, 6.07) is 7.28. The van der Waals surface area contributed by atoms with Gasteiger partial charge in [0.2, 0.25) is 0 Å². The number of rotatable bonds is 10. The number of esters is 1. The Labute approximate surface area is 204 Å². The Hall–Kier alpha value is -2.72. The monoisotopic (exact) mass is 511 g/mol. The van der Waals surface area contributed by atoms with Gasteiger partial charge in [0.25, 0.3) is 5.91 Å². The molecule has 192 valence electrons. The Bertz CT molecular complexity index is 1020. The number of nitrogens with zero attached hydrogens (tertiary/aromatic N) is 1. The van der Waals surface area contributed by atoms with Crippen molar-refractivity contribution in [1.82, 2.24) is 15.3 Å². The Morgan fingerprint density at radius 2 is 2.06 bits per heavy atom. The van der Waals surface area contributed by atoms with E-state index in [0.717, 1.165) is 0 Å². The second kappa shape index (κ2) is 10.9. The van der Waals surface area contributed by atoms with Crippen LogP contribution in [-0.2, 0) is 28.2 Å². The van der Waals surface area contributed by atoms with Crippen molar-refractivity contribution in [3.8, 4) is 5.75 Å². The summed E-state index contributed by atoms with van der Waals surface area (Å²) < 4.78 is 51.2. The molecular weight excluding hydrogens is 480 g/mol. The zero-order chi connectivity index (χ0) is 25.8. The molecule has 2 N–H and O–H groups in total. The third-order valence-electron chi connectivity index (χ3n) is 5.14. The van der Waals surface area contributed by atoms with Gasteiger partial charge >= 0.3 is 13.7 Å². The molecule has 1 aromatic carbocycles. The summed E-state index contributed by atoms with van der Waals surface area (Å²) in [5.41, 5.74) is -1.84. The molecule has 0 radical (unpaired) electrons. The van der Waals surface area contributed by atoms with Crippen LogP contribution in [-0.4, -0.2) is 53.5 Å². The van der Waals surface area contributed by atoms with Gasteiger partial charge in [-0.15, -0.1) is 0 Å². The summed E-state index contributed by atoms with van der Waals surface area (Å²) in [7, 11) is -4.12. The van der Waals surface area contributed by atoms with E-state index in [2.05, 4.69) is 17.0 Å². The third-order valence-corrected chi connectivity index (χ3v) is 6.78. The number of alkyl halides is 1. The van der Waals surface area contributed by atoms with E-state index in [0.29, 0.717) is 0 Å². The van der Waals surface area contributed by atoms with Crippen molar-refractivity contribution in [2.75, 3.05) is 6.61 Å². The maximum atomic E-state index is 15.4. The molecule has 0 unspecified atom stereocenters. The molecule has 3 rings (SSSR count). The van der Waals surface area contributed by atoms with Gasteiger partial charge in [0.15, 0.2) is 11.9 Å². The fourth-order valence-electron chi connectivity index (χ4n) is 3.59. The Morgan fingerprint density at radius 1 is 1.37 bits per heavy atom. The van der Waals surface area contributed by atoms with Gasteiger partial charge in [0.1, 0.15) is 17.6 Å². The molecule has 0 aromatic heterocycles. The summed E-state index contributed by atoms with van der Waals surface area (Å²) >= 11 is 0. The van der Waals surface area contributed by atoms with Gasteiger partial charge in [-0.05, 0) is 39.8 Å². The first kappa shape index (κ1) is 26.9. The van der Waals surface area contributed by atoms with Crippen LogP contribution in [0.15, 0.2) is 55.0 Å². The van der Waals surface area contributed by atoms with Crippen LogP contribution in [0, 0.1) is 0 Å². The summed E-state index contributed by atoms with van der Waals surface area (Å²) in [5.74, 6) is -0.588. The van der Waals surface area contributed by atoms with Gasteiger partial charge in [-0.25, -0.2) is 8.96 Å². The van der Waals surface area contributed by atoms with Crippen molar-refractivity contribution in [3.63, 3.8) is 0 Å². The second-order valence-corrected chi connectivity index (χ2v) is 10.5. The van der Waals surface area contributed by atoms with Gasteiger partial charge in [-0.3, -0.25) is 14.1 Å². The highest BCUT2D eigenvalue weighted by atomic mass is 31.2. The number of carbonyl (C=O) groups excluding carboxylic acids is 2. The Morgan fingerprint density at radius 3 is 2.69 bits per heavy atom. The molecule has 0 spiro atoms. The highest BCUT2D eigenvalue weighted by Crippen LogP contribution is 2.46. The smallest absolute Gasteiger partial charge is 0.459 e. The minimum absolute atomic E-state index is 0.0838. The minimum Gasteiger partial charge on any atom is -0.462 e. The Kier molecular flexibility index (Phi) is 8.38. The van der Waals surface area contributed by atoms with Crippen molar-refractivity contribution < 1.29 is 37.1 Å². The van der Waals surface area contributed by atoms with Gasteiger partial charge in [0, 0.05) is 18.7 Å². The average Bonchev–Trinajstić information content (AvgIpc) is 3.06. The van der Waals surface area contributed by atoms with Gasteiger partial charge in [-0.2, -0.15) is 5.09 Å². The quantitative estimate of drug-likeness (QED) is 0.360. The molecule has 2 aliphatic heterocycles. The van der Waals surface area contributed by atoms with E-state index in [9.17, 15) is 14.2 Å². The lowest BCUT2D eigenvalue weighted by molar-refractivity contribution is -0.149. The SMILES string of the molecule is C=C1NC(=O)C=CN1[C@@H]1O[C@H](CO[P@](=O)(N[C@@H](C)C(=O)OC(C)C)Oc2ccccc2)C[C@@]1(C)F. The molecule has 5 atom stereocenters. The predicted octanol–water partition coefficient (Wildman–Crippen LogP) is 3.38. The molecule has 2 heterocycles. The summed E-state index contributed by atoms with van der Waals surface area (Å²) in [6.07, 6.45) is 0.279. The number of para-hydroxylation sites is 1. The van der Waals surface area contributed by atoms with Crippen LogP contribution in [0.4, 0.5) is 4.39 Å². The predicted molar refractivity (Wildman–Crippen MR) is 126 cm³/mol.